The van der Waals surface area contributed by atoms with Crippen LogP contribution in [-0.4, -0.2) is 22.3 Å². The van der Waals surface area contributed by atoms with E-state index < -0.39 is 5.97 Å². The summed E-state index contributed by atoms with van der Waals surface area (Å²) in [6.07, 6.45) is 13.7. The molecule has 4 rings (SSSR count). The maximum atomic E-state index is 11.0. The number of carbonyl (C=O) groups is 1. The molecule has 0 aromatic heterocycles. The third kappa shape index (κ3) is 3.01. The fourth-order valence-corrected chi connectivity index (χ4v) is 7.50. The molecule has 0 bridgehead atoms. The van der Waals surface area contributed by atoms with E-state index in [1.54, 1.807) is 5.57 Å². The fraction of sp³-hybridized carbons (Fsp3) is 0.792. The first-order valence-corrected chi connectivity index (χ1v) is 11.1. The number of hydrogen-bond acceptors (Lipinski definition) is 2. The molecule has 2 saturated carbocycles. The maximum Gasteiger partial charge on any atom is 0.303 e. The smallest absolute Gasteiger partial charge is 0.303 e. The van der Waals surface area contributed by atoms with Crippen LogP contribution in [0.5, 0.6) is 0 Å². The van der Waals surface area contributed by atoms with E-state index in [0.29, 0.717) is 17.3 Å². The monoisotopic (exact) mass is 372 g/mol. The number of hydrogen-bond donors (Lipinski definition) is 2. The first-order valence-electron chi connectivity index (χ1n) is 11.1. The van der Waals surface area contributed by atoms with E-state index in [1.165, 1.54) is 31.3 Å². The molecule has 4 aliphatic rings. The number of allylic oxidation sites excluding steroid dienone is 3. The molecule has 4 aliphatic carbocycles. The number of aliphatic hydroxyl groups excluding tert-OH is 1. The van der Waals surface area contributed by atoms with E-state index in [4.69, 9.17) is 5.11 Å². The van der Waals surface area contributed by atoms with Crippen LogP contribution in [0.25, 0.3) is 0 Å². The number of fused-ring (bicyclic) bond motifs is 5. The summed E-state index contributed by atoms with van der Waals surface area (Å²) < 4.78 is 0. The molecule has 7 atom stereocenters. The molecule has 2 fully saturated rings. The highest BCUT2D eigenvalue weighted by molar-refractivity contribution is 5.66. The van der Waals surface area contributed by atoms with Crippen molar-refractivity contribution in [1.82, 2.24) is 0 Å². The molecule has 0 amide bonds. The molecular formula is C24H36O3. The second-order valence-electron chi connectivity index (χ2n) is 10.3. The van der Waals surface area contributed by atoms with Gasteiger partial charge in [-0.3, -0.25) is 4.79 Å². The van der Waals surface area contributed by atoms with Gasteiger partial charge in [-0.05, 0) is 85.9 Å². The lowest BCUT2D eigenvalue weighted by Gasteiger charge is -2.58. The largest absolute Gasteiger partial charge is 0.481 e. The fourth-order valence-electron chi connectivity index (χ4n) is 7.50. The van der Waals surface area contributed by atoms with Gasteiger partial charge in [0.2, 0.25) is 0 Å². The summed E-state index contributed by atoms with van der Waals surface area (Å²) in [4.78, 5) is 11.0. The average Bonchev–Trinajstić information content (AvgIpc) is 2.97. The number of carboxylic acid groups (broad SMARTS) is 1. The highest BCUT2D eigenvalue weighted by Crippen LogP contribution is 2.65. The molecule has 0 unspecified atom stereocenters. The molecular weight excluding hydrogens is 336 g/mol. The zero-order chi connectivity index (χ0) is 19.4. The highest BCUT2D eigenvalue weighted by atomic mass is 16.4. The van der Waals surface area contributed by atoms with Gasteiger partial charge < -0.3 is 10.2 Å². The summed E-state index contributed by atoms with van der Waals surface area (Å²) in [6.45, 7) is 7.18. The predicted molar refractivity (Wildman–Crippen MR) is 107 cm³/mol. The molecule has 0 saturated heterocycles. The molecule has 0 spiro atoms. The highest BCUT2D eigenvalue weighted by Gasteiger charge is 2.56. The van der Waals surface area contributed by atoms with Crippen LogP contribution < -0.4 is 0 Å². The summed E-state index contributed by atoms with van der Waals surface area (Å²) in [7, 11) is 0. The van der Waals surface area contributed by atoms with Crippen LogP contribution in [0, 0.1) is 34.5 Å². The number of aliphatic carboxylic acids is 1. The van der Waals surface area contributed by atoms with E-state index in [1.807, 2.05) is 0 Å². The Balaban J connectivity index is 1.55. The maximum absolute atomic E-state index is 11.0. The van der Waals surface area contributed by atoms with Gasteiger partial charge in [0.05, 0.1) is 6.10 Å². The van der Waals surface area contributed by atoms with Gasteiger partial charge in [0.25, 0.3) is 0 Å². The van der Waals surface area contributed by atoms with Crippen LogP contribution >= 0.6 is 0 Å². The molecule has 0 aromatic rings. The van der Waals surface area contributed by atoms with Crippen molar-refractivity contribution in [2.24, 2.45) is 34.5 Å². The van der Waals surface area contributed by atoms with Crippen LogP contribution in [0.4, 0.5) is 0 Å². The van der Waals surface area contributed by atoms with Crippen molar-refractivity contribution in [1.29, 1.82) is 0 Å². The summed E-state index contributed by atoms with van der Waals surface area (Å²) >= 11 is 0. The van der Waals surface area contributed by atoms with E-state index in [2.05, 4.69) is 32.9 Å². The van der Waals surface area contributed by atoms with Crippen LogP contribution in [-0.2, 0) is 4.79 Å². The lowest BCUT2D eigenvalue weighted by atomic mass is 9.47. The Morgan fingerprint density at radius 1 is 1.15 bits per heavy atom. The molecule has 0 aliphatic heterocycles. The van der Waals surface area contributed by atoms with Gasteiger partial charge in [-0.25, -0.2) is 0 Å². The quantitative estimate of drug-likeness (QED) is 0.654. The van der Waals surface area contributed by atoms with Crippen molar-refractivity contribution in [2.75, 3.05) is 0 Å². The van der Waals surface area contributed by atoms with Gasteiger partial charge in [0.15, 0.2) is 0 Å². The molecule has 0 aromatic carbocycles. The third-order valence-corrected chi connectivity index (χ3v) is 9.04. The van der Waals surface area contributed by atoms with Crippen molar-refractivity contribution in [3.05, 3.63) is 23.3 Å². The van der Waals surface area contributed by atoms with E-state index in [9.17, 15) is 9.90 Å². The topological polar surface area (TPSA) is 57.5 Å². The van der Waals surface area contributed by atoms with E-state index in [-0.39, 0.29) is 17.9 Å². The SMILES string of the molecule is C[C@@H](CCC(=O)O)C1=CC[C@H]2[C@@H]3CC=C4C[C@@H](O)CC[C@]4(C)[C@H]3CC[C@]12C. The van der Waals surface area contributed by atoms with Crippen molar-refractivity contribution >= 4 is 5.97 Å². The minimum atomic E-state index is -0.678. The molecule has 150 valence electrons. The lowest BCUT2D eigenvalue weighted by molar-refractivity contribution is -0.137. The Hall–Kier alpha value is -1.09. The number of carboxylic acids is 1. The summed E-state index contributed by atoms with van der Waals surface area (Å²) in [5, 5.41) is 19.2. The van der Waals surface area contributed by atoms with Crippen LogP contribution in [0.15, 0.2) is 23.3 Å². The molecule has 0 radical (unpaired) electrons. The van der Waals surface area contributed by atoms with Crippen molar-refractivity contribution in [2.45, 2.75) is 84.7 Å². The standard InChI is InChI=1S/C24H36O3/c1-15(4-9-22(26)27)19-7-8-20-18-6-5-16-14-17(25)10-12-23(16,2)21(18)11-13-24(19,20)3/h5,7,15,17-18,20-21,25H,4,6,8-14H2,1-3H3,(H,26,27)/t15-,17-,18-,20-,21-,23-,24+/m0/s1. The van der Waals surface area contributed by atoms with Crippen molar-refractivity contribution in [3.8, 4) is 0 Å². The molecule has 0 heterocycles. The average molecular weight is 373 g/mol. The summed E-state index contributed by atoms with van der Waals surface area (Å²) in [6, 6.07) is 0. The molecule has 2 N–H and O–H groups in total. The number of rotatable bonds is 4. The second-order valence-corrected chi connectivity index (χ2v) is 10.3. The van der Waals surface area contributed by atoms with Crippen LogP contribution in [0.3, 0.4) is 0 Å². The van der Waals surface area contributed by atoms with Crippen LogP contribution in [0.2, 0.25) is 0 Å². The zero-order valence-electron chi connectivity index (χ0n) is 17.2. The Bertz CT molecular complexity index is 677. The lowest BCUT2D eigenvalue weighted by Crippen LogP contribution is -2.50. The molecule has 27 heavy (non-hydrogen) atoms. The van der Waals surface area contributed by atoms with Gasteiger partial charge in [-0.15, -0.1) is 0 Å². The van der Waals surface area contributed by atoms with E-state index in [0.717, 1.165) is 37.5 Å². The molecule has 3 nitrogen and oxygen atoms in total. The van der Waals surface area contributed by atoms with Gasteiger partial charge in [0, 0.05) is 6.42 Å². The van der Waals surface area contributed by atoms with Crippen molar-refractivity contribution in [3.63, 3.8) is 0 Å². The third-order valence-electron chi connectivity index (χ3n) is 9.04. The Morgan fingerprint density at radius 2 is 1.89 bits per heavy atom. The van der Waals surface area contributed by atoms with Gasteiger partial charge in [-0.2, -0.15) is 0 Å². The Labute approximate surface area is 163 Å². The van der Waals surface area contributed by atoms with Gasteiger partial charge in [0.1, 0.15) is 0 Å². The minimum Gasteiger partial charge on any atom is -0.481 e. The predicted octanol–water partition coefficient (Wildman–Crippen LogP) is 5.35. The summed E-state index contributed by atoms with van der Waals surface area (Å²) in [5.74, 6) is 1.91. The number of aliphatic hydroxyl groups is 1. The summed E-state index contributed by atoms with van der Waals surface area (Å²) in [5.41, 5.74) is 3.63. The van der Waals surface area contributed by atoms with Gasteiger partial charge in [-0.1, -0.05) is 44.1 Å². The minimum absolute atomic E-state index is 0.135. The second kappa shape index (κ2) is 6.76. The van der Waals surface area contributed by atoms with Gasteiger partial charge >= 0.3 is 5.97 Å². The zero-order valence-corrected chi connectivity index (χ0v) is 17.2. The molecule has 3 heteroatoms. The van der Waals surface area contributed by atoms with E-state index >= 15 is 0 Å². The van der Waals surface area contributed by atoms with Crippen LogP contribution in [0.1, 0.15) is 78.6 Å². The Kier molecular flexibility index (Phi) is 4.81. The van der Waals surface area contributed by atoms with Crippen molar-refractivity contribution < 1.29 is 15.0 Å². The first kappa shape index (κ1) is 19.2. The Morgan fingerprint density at radius 3 is 2.63 bits per heavy atom. The first-order chi connectivity index (χ1) is 12.8. The normalized spacial score (nSPS) is 44.4.